The van der Waals surface area contributed by atoms with Gasteiger partial charge in [0.05, 0.1) is 20.3 Å². The molecule has 3 N–H and O–H groups in total. The molecule has 0 bridgehead atoms. The second-order valence-electron chi connectivity index (χ2n) is 4.20. The summed E-state index contributed by atoms with van der Waals surface area (Å²) in [6, 6.07) is 11.3. The molecule has 0 saturated heterocycles. The van der Waals surface area contributed by atoms with Gasteiger partial charge >= 0.3 is 0 Å². The predicted molar refractivity (Wildman–Crippen MR) is 75.1 cm³/mol. The van der Waals surface area contributed by atoms with Crippen molar-refractivity contribution in [3.8, 4) is 11.5 Å². The quantitative estimate of drug-likeness (QED) is 0.650. The molecule has 1 atom stereocenters. The van der Waals surface area contributed by atoms with Crippen LogP contribution in [-0.2, 0) is 0 Å². The zero-order valence-electron chi connectivity index (χ0n) is 11.4. The number of nitrogens with two attached hydrogens (primary N) is 1. The number of hydrazine groups is 1. The van der Waals surface area contributed by atoms with E-state index in [2.05, 4.69) is 5.43 Å². The van der Waals surface area contributed by atoms with Crippen molar-refractivity contribution in [2.75, 3.05) is 14.2 Å². The van der Waals surface area contributed by atoms with Gasteiger partial charge in [0.1, 0.15) is 5.82 Å². The molecule has 0 saturated carbocycles. The van der Waals surface area contributed by atoms with Crippen LogP contribution in [0, 0.1) is 5.82 Å². The Morgan fingerprint density at radius 3 is 2.30 bits per heavy atom. The van der Waals surface area contributed by atoms with Gasteiger partial charge in [0.15, 0.2) is 11.5 Å². The van der Waals surface area contributed by atoms with Gasteiger partial charge in [-0.25, -0.2) is 9.82 Å². The number of halogens is 1. The number of nitrogens with one attached hydrogen (secondary N) is 1. The Bertz CT molecular complexity index is 590. The van der Waals surface area contributed by atoms with Crippen LogP contribution in [0.4, 0.5) is 4.39 Å². The Morgan fingerprint density at radius 2 is 1.70 bits per heavy atom. The van der Waals surface area contributed by atoms with E-state index in [-0.39, 0.29) is 5.82 Å². The first-order chi connectivity index (χ1) is 9.72. The molecule has 20 heavy (non-hydrogen) atoms. The maximum atomic E-state index is 14.0. The second-order valence-corrected chi connectivity index (χ2v) is 4.20. The normalized spacial score (nSPS) is 12.0. The van der Waals surface area contributed by atoms with Gasteiger partial charge in [-0.2, -0.15) is 0 Å². The molecule has 106 valence electrons. The largest absolute Gasteiger partial charge is 0.493 e. The van der Waals surface area contributed by atoms with Crippen molar-refractivity contribution < 1.29 is 13.9 Å². The molecular weight excluding hydrogens is 259 g/mol. The molecule has 0 amide bonds. The highest BCUT2D eigenvalue weighted by molar-refractivity contribution is 5.50. The minimum Gasteiger partial charge on any atom is -0.493 e. The predicted octanol–water partition coefficient (Wildman–Crippen LogP) is 2.40. The van der Waals surface area contributed by atoms with Crippen LogP contribution < -0.4 is 20.7 Å². The maximum absolute atomic E-state index is 14.0. The molecule has 0 aromatic heterocycles. The average Bonchev–Trinajstić information content (AvgIpc) is 2.49. The summed E-state index contributed by atoms with van der Waals surface area (Å²) in [4.78, 5) is 0. The zero-order chi connectivity index (χ0) is 14.5. The number of ether oxygens (including phenoxy) is 2. The van der Waals surface area contributed by atoms with Gasteiger partial charge in [0.2, 0.25) is 0 Å². The Hall–Kier alpha value is -2.11. The first-order valence-corrected chi connectivity index (χ1v) is 6.14. The third kappa shape index (κ3) is 2.59. The molecule has 0 radical (unpaired) electrons. The van der Waals surface area contributed by atoms with Crippen molar-refractivity contribution in [1.82, 2.24) is 5.43 Å². The second kappa shape index (κ2) is 6.36. The SMILES string of the molecule is COc1cccc(C(NN)c2ccccc2F)c1OC. The summed E-state index contributed by atoms with van der Waals surface area (Å²) in [5.74, 6) is 6.37. The number of benzene rings is 2. The molecule has 4 nitrogen and oxygen atoms in total. The fourth-order valence-electron chi connectivity index (χ4n) is 2.20. The number of hydrogen-bond acceptors (Lipinski definition) is 4. The summed E-state index contributed by atoms with van der Waals surface area (Å²) in [5, 5.41) is 0. The van der Waals surface area contributed by atoms with Crippen LogP contribution >= 0.6 is 0 Å². The minimum absolute atomic E-state index is 0.333. The van der Waals surface area contributed by atoms with E-state index in [1.54, 1.807) is 31.4 Å². The van der Waals surface area contributed by atoms with Gasteiger partial charge in [0, 0.05) is 11.1 Å². The monoisotopic (exact) mass is 276 g/mol. The van der Waals surface area contributed by atoms with Gasteiger partial charge in [-0.05, 0) is 12.1 Å². The Morgan fingerprint density at radius 1 is 1.00 bits per heavy atom. The zero-order valence-corrected chi connectivity index (χ0v) is 11.4. The summed E-state index contributed by atoms with van der Waals surface area (Å²) >= 11 is 0. The van der Waals surface area contributed by atoms with Crippen LogP contribution in [0.1, 0.15) is 17.2 Å². The number of hydrogen-bond donors (Lipinski definition) is 2. The fourth-order valence-corrected chi connectivity index (χ4v) is 2.20. The molecule has 2 aromatic rings. The van der Waals surface area contributed by atoms with Crippen LogP contribution in [0.25, 0.3) is 0 Å². The van der Waals surface area contributed by atoms with Crippen molar-refractivity contribution in [2.24, 2.45) is 5.84 Å². The highest BCUT2D eigenvalue weighted by Gasteiger charge is 2.22. The lowest BCUT2D eigenvalue weighted by Gasteiger charge is -2.21. The van der Waals surface area contributed by atoms with Crippen LogP contribution in [0.5, 0.6) is 11.5 Å². The van der Waals surface area contributed by atoms with Crippen LogP contribution in [0.15, 0.2) is 42.5 Å². The molecule has 0 heterocycles. The average molecular weight is 276 g/mol. The first-order valence-electron chi connectivity index (χ1n) is 6.14. The first kappa shape index (κ1) is 14.3. The molecule has 0 aliphatic heterocycles. The van der Waals surface area contributed by atoms with E-state index in [0.717, 1.165) is 0 Å². The van der Waals surface area contributed by atoms with Crippen molar-refractivity contribution in [3.05, 3.63) is 59.4 Å². The smallest absolute Gasteiger partial charge is 0.165 e. The van der Waals surface area contributed by atoms with E-state index in [1.807, 2.05) is 12.1 Å². The van der Waals surface area contributed by atoms with E-state index < -0.39 is 6.04 Å². The Balaban J connectivity index is 2.55. The van der Waals surface area contributed by atoms with Gasteiger partial charge in [-0.15, -0.1) is 0 Å². The molecule has 1 unspecified atom stereocenters. The summed E-state index contributed by atoms with van der Waals surface area (Å²) in [6.07, 6.45) is 0. The standard InChI is InChI=1S/C15H17FN2O2/c1-19-13-9-5-7-11(15(13)20-2)14(18-17)10-6-3-4-8-12(10)16/h3-9,14,18H,17H2,1-2H3. The molecule has 5 heteroatoms. The number of para-hydroxylation sites is 1. The third-order valence-electron chi connectivity index (χ3n) is 3.13. The van der Waals surface area contributed by atoms with Crippen molar-refractivity contribution >= 4 is 0 Å². The topological polar surface area (TPSA) is 56.5 Å². The van der Waals surface area contributed by atoms with Gasteiger partial charge in [0.25, 0.3) is 0 Å². The minimum atomic E-state index is -0.527. The summed E-state index contributed by atoms with van der Waals surface area (Å²) in [6.45, 7) is 0. The third-order valence-corrected chi connectivity index (χ3v) is 3.13. The van der Waals surface area contributed by atoms with E-state index in [0.29, 0.717) is 22.6 Å². The van der Waals surface area contributed by atoms with E-state index in [9.17, 15) is 4.39 Å². The molecule has 2 rings (SSSR count). The number of methoxy groups -OCH3 is 2. The van der Waals surface area contributed by atoms with Gasteiger partial charge in [-0.1, -0.05) is 30.3 Å². The van der Waals surface area contributed by atoms with E-state index in [1.165, 1.54) is 13.2 Å². The van der Waals surface area contributed by atoms with Crippen LogP contribution in [0.3, 0.4) is 0 Å². The molecular formula is C15H17FN2O2. The molecule has 0 spiro atoms. The Labute approximate surface area is 117 Å². The van der Waals surface area contributed by atoms with E-state index in [4.69, 9.17) is 15.3 Å². The summed E-state index contributed by atoms with van der Waals surface area (Å²) < 4.78 is 24.6. The van der Waals surface area contributed by atoms with Crippen molar-refractivity contribution in [3.63, 3.8) is 0 Å². The van der Waals surface area contributed by atoms with Crippen LogP contribution in [-0.4, -0.2) is 14.2 Å². The molecule has 0 aliphatic rings. The maximum Gasteiger partial charge on any atom is 0.165 e. The van der Waals surface area contributed by atoms with Crippen molar-refractivity contribution in [2.45, 2.75) is 6.04 Å². The fraction of sp³-hybridized carbons (Fsp3) is 0.200. The molecule has 2 aromatic carbocycles. The van der Waals surface area contributed by atoms with Gasteiger partial charge < -0.3 is 9.47 Å². The lowest BCUT2D eigenvalue weighted by atomic mass is 9.97. The lowest BCUT2D eigenvalue weighted by molar-refractivity contribution is 0.348. The highest BCUT2D eigenvalue weighted by atomic mass is 19.1. The van der Waals surface area contributed by atoms with E-state index >= 15 is 0 Å². The van der Waals surface area contributed by atoms with Gasteiger partial charge in [-0.3, -0.25) is 5.84 Å². The Kier molecular flexibility index (Phi) is 4.55. The van der Waals surface area contributed by atoms with Crippen LogP contribution in [0.2, 0.25) is 0 Å². The highest BCUT2D eigenvalue weighted by Crippen LogP contribution is 2.37. The van der Waals surface area contributed by atoms with Crippen molar-refractivity contribution in [1.29, 1.82) is 0 Å². The molecule has 0 fully saturated rings. The lowest BCUT2D eigenvalue weighted by Crippen LogP contribution is -2.29. The number of rotatable bonds is 5. The summed E-state index contributed by atoms with van der Waals surface area (Å²) in [7, 11) is 3.09. The summed E-state index contributed by atoms with van der Waals surface area (Å²) in [5.41, 5.74) is 3.78. The molecule has 0 aliphatic carbocycles.